The lowest BCUT2D eigenvalue weighted by molar-refractivity contribution is 0.139. The first-order chi connectivity index (χ1) is 12.6. The molecule has 0 amide bonds. The smallest absolute Gasteiger partial charge is 0.138 e. The van der Waals surface area contributed by atoms with Crippen LogP contribution in [0.1, 0.15) is 42.6 Å². The van der Waals surface area contributed by atoms with Crippen LogP contribution in [-0.4, -0.2) is 11.7 Å². The van der Waals surface area contributed by atoms with Crippen LogP contribution in [0, 0.1) is 0 Å². The molecule has 4 nitrogen and oxygen atoms in total. The Morgan fingerprint density at radius 3 is 2.92 bits per heavy atom. The Kier molecular flexibility index (Phi) is 3.29. The summed E-state index contributed by atoms with van der Waals surface area (Å²) in [6.07, 6.45) is 4.36. The van der Waals surface area contributed by atoms with Gasteiger partial charge in [-0.1, -0.05) is 17.7 Å². The number of rotatable bonds is 2. The normalized spacial score (nSPS) is 19.9. The summed E-state index contributed by atoms with van der Waals surface area (Å²) in [5.41, 5.74) is 5.04. The van der Waals surface area contributed by atoms with Crippen molar-refractivity contribution in [3.63, 3.8) is 0 Å². The number of furan rings is 1. The fourth-order valence-electron chi connectivity index (χ4n) is 3.94. The molecule has 3 aromatic rings. The summed E-state index contributed by atoms with van der Waals surface area (Å²) in [4.78, 5) is 0. The molecule has 2 aliphatic rings. The number of allylic oxidation sites excluding steroid dienone is 2. The second-order valence-electron chi connectivity index (χ2n) is 7.27. The Morgan fingerprint density at radius 2 is 2.08 bits per heavy atom. The van der Waals surface area contributed by atoms with Gasteiger partial charge in [0, 0.05) is 28.1 Å². The van der Waals surface area contributed by atoms with Gasteiger partial charge in [-0.2, -0.15) is 0 Å². The summed E-state index contributed by atoms with van der Waals surface area (Å²) in [5.74, 6) is 2.04. The van der Waals surface area contributed by atoms with Crippen molar-refractivity contribution >= 4 is 11.0 Å². The SMILES string of the molecule is CC(C)=CCc1c(O)ccc2c1OC1c3cc4ccoc4cc3OCC21. The molecule has 132 valence electrons. The zero-order chi connectivity index (χ0) is 17.8. The highest BCUT2D eigenvalue weighted by Crippen LogP contribution is 2.54. The number of hydrogen-bond donors (Lipinski definition) is 1. The molecule has 2 aliphatic heterocycles. The van der Waals surface area contributed by atoms with Crippen molar-refractivity contribution in [1.29, 1.82) is 0 Å². The van der Waals surface area contributed by atoms with Crippen molar-refractivity contribution in [2.45, 2.75) is 32.3 Å². The minimum absolute atomic E-state index is 0.0969. The van der Waals surface area contributed by atoms with Gasteiger partial charge in [0.05, 0.1) is 18.8 Å². The number of fused-ring (bicyclic) bond motifs is 6. The summed E-state index contributed by atoms with van der Waals surface area (Å²) >= 11 is 0. The Labute approximate surface area is 151 Å². The van der Waals surface area contributed by atoms with E-state index in [-0.39, 0.29) is 17.8 Å². The van der Waals surface area contributed by atoms with Crippen molar-refractivity contribution in [1.82, 2.24) is 0 Å². The van der Waals surface area contributed by atoms with Crippen LogP contribution in [0.15, 0.2) is 52.7 Å². The minimum Gasteiger partial charge on any atom is -0.508 e. The number of phenolic OH excluding ortho intramolecular Hbond substituents is 1. The first-order valence-electron chi connectivity index (χ1n) is 8.90. The van der Waals surface area contributed by atoms with Crippen LogP contribution in [0.5, 0.6) is 17.2 Å². The maximum Gasteiger partial charge on any atom is 0.138 e. The molecule has 0 bridgehead atoms. The van der Waals surface area contributed by atoms with E-state index in [0.29, 0.717) is 13.0 Å². The molecule has 2 aromatic carbocycles. The number of phenols is 1. The van der Waals surface area contributed by atoms with Crippen LogP contribution in [0.3, 0.4) is 0 Å². The third kappa shape index (κ3) is 2.22. The Balaban J connectivity index is 1.61. The molecule has 26 heavy (non-hydrogen) atoms. The average Bonchev–Trinajstić information content (AvgIpc) is 3.22. The van der Waals surface area contributed by atoms with E-state index in [1.165, 1.54) is 5.57 Å². The highest BCUT2D eigenvalue weighted by Gasteiger charge is 2.42. The van der Waals surface area contributed by atoms with Crippen LogP contribution in [-0.2, 0) is 6.42 Å². The molecule has 0 radical (unpaired) electrons. The fraction of sp³-hybridized carbons (Fsp3) is 0.273. The van der Waals surface area contributed by atoms with Gasteiger partial charge in [0.25, 0.3) is 0 Å². The second kappa shape index (κ2) is 5.56. The van der Waals surface area contributed by atoms with Gasteiger partial charge in [0.1, 0.15) is 28.9 Å². The maximum atomic E-state index is 10.4. The first kappa shape index (κ1) is 15.4. The van der Waals surface area contributed by atoms with Crippen molar-refractivity contribution in [2.75, 3.05) is 6.61 Å². The van der Waals surface area contributed by atoms with Crippen molar-refractivity contribution in [3.05, 3.63) is 64.9 Å². The summed E-state index contributed by atoms with van der Waals surface area (Å²) < 4.78 is 17.9. The highest BCUT2D eigenvalue weighted by atomic mass is 16.5. The van der Waals surface area contributed by atoms with Crippen molar-refractivity contribution in [2.24, 2.45) is 0 Å². The van der Waals surface area contributed by atoms with Crippen molar-refractivity contribution in [3.8, 4) is 17.2 Å². The number of ether oxygens (including phenoxy) is 2. The van der Waals surface area contributed by atoms with Crippen molar-refractivity contribution < 1.29 is 19.0 Å². The minimum atomic E-state index is -0.0969. The van der Waals surface area contributed by atoms with Gasteiger partial charge in [-0.15, -0.1) is 0 Å². The predicted molar refractivity (Wildman–Crippen MR) is 99.1 cm³/mol. The van der Waals surface area contributed by atoms with E-state index < -0.39 is 0 Å². The lowest BCUT2D eigenvalue weighted by atomic mass is 9.88. The summed E-state index contributed by atoms with van der Waals surface area (Å²) in [6, 6.07) is 9.72. The molecule has 1 aromatic heterocycles. The lowest BCUT2D eigenvalue weighted by Gasteiger charge is -2.27. The largest absolute Gasteiger partial charge is 0.508 e. The summed E-state index contributed by atoms with van der Waals surface area (Å²) in [7, 11) is 0. The van der Waals surface area contributed by atoms with Gasteiger partial charge < -0.3 is 19.0 Å². The second-order valence-corrected chi connectivity index (χ2v) is 7.27. The van der Waals surface area contributed by atoms with Gasteiger partial charge in [-0.3, -0.25) is 0 Å². The predicted octanol–water partition coefficient (Wildman–Crippen LogP) is 5.26. The molecule has 2 atom stereocenters. The molecule has 2 unspecified atom stereocenters. The highest BCUT2D eigenvalue weighted by molar-refractivity contribution is 5.80. The zero-order valence-electron chi connectivity index (χ0n) is 14.8. The first-order valence-corrected chi connectivity index (χ1v) is 8.90. The average molecular weight is 348 g/mol. The van der Waals surface area contributed by atoms with Crippen LogP contribution in [0.2, 0.25) is 0 Å². The lowest BCUT2D eigenvalue weighted by Crippen LogP contribution is -2.23. The molecule has 0 aliphatic carbocycles. The molecule has 4 heteroatoms. The van der Waals surface area contributed by atoms with Crippen LogP contribution < -0.4 is 9.47 Å². The molecule has 1 N–H and O–H groups in total. The maximum absolute atomic E-state index is 10.4. The van der Waals surface area contributed by atoms with E-state index in [1.54, 1.807) is 12.3 Å². The van der Waals surface area contributed by atoms with E-state index in [9.17, 15) is 5.11 Å². The summed E-state index contributed by atoms with van der Waals surface area (Å²) in [5, 5.41) is 11.4. The molecule has 0 saturated carbocycles. The Bertz CT molecular complexity index is 1040. The Hall–Kier alpha value is -2.88. The zero-order valence-corrected chi connectivity index (χ0v) is 14.8. The number of hydrogen-bond acceptors (Lipinski definition) is 4. The third-order valence-electron chi connectivity index (χ3n) is 5.30. The molecular weight excluding hydrogens is 328 g/mol. The van der Waals surface area contributed by atoms with Gasteiger partial charge in [-0.25, -0.2) is 0 Å². The van der Waals surface area contributed by atoms with Gasteiger partial charge >= 0.3 is 0 Å². The quantitative estimate of drug-likeness (QED) is 0.642. The van der Waals surface area contributed by atoms with E-state index in [4.69, 9.17) is 13.9 Å². The Morgan fingerprint density at radius 1 is 1.19 bits per heavy atom. The van der Waals surface area contributed by atoms with Gasteiger partial charge in [0.2, 0.25) is 0 Å². The molecule has 0 saturated heterocycles. The van der Waals surface area contributed by atoms with E-state index in [1.807, 2.05) is 18.2 Å². The van der Waals surface area contributed by atoms with E-state index in [2.05, 4.69) is 26.0 Å². The van der Waals surface area contributed by atoms with Crippen LogP contribution in [0.25, 0.3) is 11.0 Å². The topological polar surface area (TPSA) is 51.8 Å². The molecular formula is C22H20O4. The monoisotopic (exact) mass is 348 g/mol. The molecule has 0 fully saturated rings. The van der Waals surface area contributed by atoms with E-state index >= 15 is 0 Å². The third-order valence-corrected chi connectivity index (χ3v) is 5.30. The molecule has 0 spiro atoms. The number of benzene rings is 2. The van der Waals surface area contributed by atoms with Crippen LogP contribution >= 0.6 is 0 Å². The standard InChI is InChI=1S/C22H20O4/c1-12(2)3-4-15-18(23)6-5-14-17-11-25-20-10-19-13(7-8-24-19)9-16(20)22(17)26-21(14)15/h3,5-10,17,22-23H,4,11H2,1-2H3. The number of aromatic hydroxyl groups is 1. The van der Waals surface area contributed by atoms with Gasteiger partial charge in [-0.05, 0) is 38.5 Å². The molecule has 5 rings (SSSR count). The molecule has 3 heterocycles. The summed E-state index contributed by atoms with van der Waals surface area (Å²) in [6.45, 7) is 4.67. The fourth-order valence-corrected chi connectivity index (χ4v) is 3.94. The van der Waals surface area contributed by atoms with E-state index in [0.717, 1.165) is 39.2 Å². The van der Waals surface area contributed by atoms with Crippen LogP contribution in [0.4, 0.5) is 0 Å². The van der Waals surface area contributed by atoms with Gasteiger partial charge in [0.15, 0.2) is 0 Å².